The van der Waals surface area contributed by atoms with Crippen molar-refractivity contribution in [2.45, 2.75) is 50.5 Å². The molecule has 2 heteroatoms. The number of halogens is 1. The highest BCUT2D eigenvalue weighted by Crippen LogP contribution is 2.45. The molecule has 2 unspecified atom stereocenters. The summed E-state index contributed by atoms with van der Waals surface area (Å²) >= 11 is 3.54. The van der Waals surface area contributed by atoms with Gasteiger partial charge in [-0.3, -0.25) is 0 Å². The van der Waals surface area contributed by atoms with Gasteiger partial charge in [-0.2, -0.15) is 0 Å². The first kappa shape index (κ1) is 12.7. The first-order valence-electron chi connectivity index (χ1n) is 7.20. The van der Waals surface area contributed by atoms with Crippen LogP contribution in [0.4, 0.5) is 0 Å². The summed E-state index contributed by atoms with van der Waals surface area (Å²) in [6.07, 6.45) is 6.86. The Balaban J connectivity index is 1.85. The summed E-state index contributed by atoms with van der Waals surface area (Å²) in [6, 6.07) is 9.84. The molecule has 0 radical (unpaired) electrons. The molecule has 18 heavy (non-hydrogen) atoms. The number of hydrogen-bond acceptors (Lipinski definition) is 1. The molecule has 0 aliphatic heterocycles. The number of nitrogens with one attached hydrogen (secondary N) is 1. The fourth-order valence-corrected chi connectivity index (χ4v) is 3.70. The molecule has 2 saturated carbocycles. The Bertz CT molecular complexity index is 410. The van der Waals surface area contributed by atoms with Crippen LogP contribution in [0.1, 0.15) is 44.6 Å². The van der Waals surface area contributed by atoms with E-state index >= 15 is 0 Å². The van der Waals surface area contributed by atoms with Crippen LogP contribution in [0.25, 0.3) is 0 Å². The second kappa shape index (κ2) is 4.97. The van der Waals surface area contributed by atoms with E-state index in [9.17, 15) is 0 Å². The van der Waals surface area contributed by atoms with Gasteiger partial charge >= 0.3 is 0 Å². The van der Waals surface area contributed by atoms with E-state index in [2.05, 4.69) is 52.4 Å². The standard InChI is InChI=1S/C16H22BrN/c1-12-3-2-10-16(12,11-18-15-8-9-15)13-4-6-14(17)7-5-13/h4-7,12,15,18H,2-3,8-11H2,1H3. The molecule has 2 aliphatic carbocycles. The average molecular weight is 308 g/mol. The molecule has 0 bridgehead atoms. The Morgan fingerprint density at radius 2 is 1.94 bits per heavy atom. The maximum absolute atomic E-state index is 3.77. The third kappa shape index (κ3) is 2.37. The average Bonchev–Trinajstić information content (AvgIpc) is 3.12. The Kier molecular flexibility index (Phi) is 3.50. The molecule has 0 heterocycles. The Morgan fingerprint density at radius 1 is 1.22 bits per heavy atom. The lowest BCUT2D eigenvalue weighted by molar-refractivity contribution is 0.316. The van der Waals surface area contributed by atoms with E-state index in [1.165, 1.54) is 48.7 Å². The Hall–Kier alpha value is -0.340. The van der Waals surface area contributed by atoms with Gasteiger partial charge in [-0.25, -0.2) is 0 Å². The monoisotopic (exact) mass is 307 g/mol. The molecule has 1 aromatic rings. The van der Waals surface area contributed by atoms with Gasteiger partial charge in [0.2, 0.25) is 0 Å². The van der Waals surface area contributed by atoms with Crippen LogP contribution in [-0.2, 0) is 5.41 Å². The second-order valence-electron chi connectivity index (χ2n) is 6.11. The van der Waals surface area contributed by atoms with Crippen molar-refractivity contribution < 1.29 is 0 Å². The third-order valence-electron chi connectivity index (χ3n) is 4.91. The van der Waals surface area contributed by atoms with Crippen LogP contribution in [0, 0.1) is 5.92 Å². The van der Waals surface area contributed by atoms with Crippen molar-refractivity contribution >= 4 is 15.9 Å². The highest BCUT2D eigenvalue weighted by atomic mass is 79.9. The van der Waals surface area contributed by atoms with Gasteiger partial charge in [0.1, 0.15) is 0 Å². The van der Waals surface area contributed by atoms with Crippen molar-refractivity contribution in [1.29, 1.82) is 0 Å². The van der Waals surface area contributed by atoms with Gasteiger partial charge < -0.3 is 5.32 Å². The van der Waals surface area contributed by atoms with Gasteiger partial charge in [-0.05, 0) is 49.3 Å². The van der Waals surface area contributed by atoms with E-state index in [1.807, 2.05) is 0 Å². The van der Waals surface area contributed by atoms with Crippen LogP contribution < -0.4 is 5.32 Å². The summed E-state index contributed by atoms with van der Waals surface area (Å²) in [6.45, 7) is 3.60. The van der Waals surface area contributed by atoms with Crippen molar-refractivity contribution in [3.05, 3.63) is 34.3 Å². The van der Waals surface area contributed by atoms with Crippen molar-refractivity contribution in [2.75, 3.05) is 6.54 Å². The van der Waals surface area contributed by atoms with Crippen molar-refractivity contribution in [1.82, 2.24) is 5.32 Å². The Labute approximate surface area is 118 Å². The maximum atomic E-state index is 3.77. The van der Waals surface area contributed by atoms with Gasteiger partial charge in [0.05, 0.1) is 0 Å². The smallest absolute Gasteiger partial charge is 0.0175 e. The summed E-state index contributed by atoms with van der Waals surface area (Å²) in [5.74, 6) is 0.796. The van der Waals surface area contributed by atoms with Crippen molar-refractivity contribution in [3.8, 4) is 0 Å². The van der Waals surface area contributed by atoms with Crippen LogP contribution in [0.3, 0.4) is 0 Å². The zero-order valence-electron chi connectivity index (χ0n) is 11.1. The minimum absolute atomic E-state index is 0.378. The molecule has 2 aliphatic rings. The van der Waals surface area contributed by atoms with Crippen molar-refractivity contribution in [3.63, 3.8) is 0 Å². The second-order valence-corrected chi connectivity index (χ2v) is 7.03. The fourth-order valence-electron chi connectivity index (χ4n) is 3.44. The normalized spacial score (nSPS) is 31.8. The minimum atomic E-state index is 0.378. The van der Waals surface area contributed by atoms with Gasteiger partial charge in [-0.15, -0.1) is 0 Å². The highest BCUT2D eigenvalue weighted by Gasteiger charge is 2.42. The lowest BCUT2D eigenvalue weighted by atomic mass is 9.73. The molecule has 0 spiro atoms. The fraction of sp³-hybridized carbons (Fsp3) is 0.625. The lowest BCUT2D eigenvalue weighted by Gasteiger charge is -2.35. The first-order valence-corrected chi connectivity index (χ1v) is 7.99. The molecule has 2 fully saturated rings. The predicted molar refractivity (Wildman–Crippen MR) is 79.9 cm³/mol. The Morgan fingerprint density at radius 3 is 2.50 bits per heavy atom. The molecule has 3 rings (SSSR count). The van der Waals surface area contributed by atoms with E-state index in [4.69, 9.17) is 0 Å². The van der Waals surface area contributed by atoms with Gasteiger partial charge in [0.15, 0.2) is 0 Å². The zero-order chi connectivity index (χ0) is 12.6. The first-order chi connectivity index (χ1) is 8.71. The van der Waals surface area contributed by atoms with E-state index in [0.29, 0.717) is 5.41 Å². The summed E-state index contributed by atoms with van der Waals surface area (Å²) < 4.78 is 1.18. The highest BCUT2D eigenvalue weighted by molar-refractivity contribution is 9.10. The molecule has 1 nitrogen and oxygen atoms in total. The predicted octanol–water partition coefficient (Wildman–Crippen LogP) is 4.26. The van der Waals surface area contributed by atoms with Crippen LogP contribution in [0.5, 0.6) is 0 Å². The topological polar surface area (TPSA) is 12.0 Å². The largest absolute Gasteiger partial charge is 0.313 e. The molecule has 1 aromatic carbocycles. The molecule has 2 atom stereocenters. The van der Waals surface area contributed by atoms with Gasteiger partial charge in [-0.1, -0.05) is 41.4 Å². The molecule has 0 aromatic heterocycles. The summed E-state index contributed by atoms with van der Waals surface area (Å²) in [5.41, 5.74) is 1.91. The molecular weight excluding hydrogens is 286 g/mol. The molecular formula is C16H22BrN. The molecule has 0 saturated heterocycles. The summed E-state index contributed by atoms with van der Waals surface area (Å²) in [7, 11) is 0. The molecule has 1 N–H and O–H groups in total. The van der Waals surface area contributed by atoms with E-state index in [1.54, 1.807) is 0 Å². The zero-order valence-corrected chi connectivity index (χ0v) is 12.7. The summed E-state index contributed by atoms with van der Waals surface area (Å²) in [4.78, 5) is 0. The SMILES string of the molecule is CC1CCCC1(CNC1CC1)c1ccc(Br)cc1. The number of benzene rings is 1. The number of hydrogen-bond donors (Lipinski definition) is 1. The van der Waals surface area contributed by atoms with Crippen LogP contribution in [-0.4, -0.2) is 12.6 Å². The van der Waals surface area contributed by atoms with E-state index < -0.39 is 0 Å². The van der Waals surface area contributed by atoms with Crippen molar-refractivity contribution in [2.24, 2.45) is 5.92 Å². The minimum Gasteiger partial charge on any atom is -0.313 e. The third-order valence-corrected chi connectivity index (χ3v) is 5.43. The van der Waals surface area contributed by atoms with E-state index in [-0.39, 0.29) is 0 Å². The van der Waals surface area contributed by atoms with E-state index in [0.717, 1.165) is 12.0 Å². The maximum Gasteiger partial charge on any atom is 0.0175 e. The quantitative estimate of drug-likeness (QED) is 0.876. The van der Waals surface area contributed by atoms with Gasteiger partial charge in [0, 0.05) is 22.5 Å². The van der Waals surface area contributed by atoms with Crippen LogP contribution in [0.2, 0.25) is 0 Å². The molecule has 98 valence electrons. The number of rotatable bonds is 4. The van der Waals surface area contributed by atoms with Crippen LogP contribution in [0.15, 0.2) is 28.7 Å². The molecule has 0 amide bonds. The lowest BCUT2D eigenvalue weighted by Crippen LogP contribution is -2.41. The summed E-state index contributed by atoms with van der Waals surface area (Å²) in [5, 5.41) is 3.77. The van der Waals surface area contributed by atoms with Crippen LogP contribution >= 0.6 is 15.9 Å². The van der Waals surface area contributed by atoms with Gasteiger partial charge in [0.25, 0.3) is 0 Å².